The topological polar surface area (TPSA) is 66.8 Å². The molecule has 2 rings (SSSR count). The second kappa shape index (κ2) is 3.65. The van der Waals surface area contributed by atoms with Gasteiger partial charge in [-0.15, -0.1) is 0 Å². The fraction of sp³-hybridized carbons (Fsp3) is 0.182. The SMILES string of the molecule is O=C(O)Cc1ccc2c(c1)OCC=C2O. The Labute approximate surface area is 86.4 Å². The largest absolute Gasteiger partial charge is 0.507 e. The summed E-state index contributed by atoms with van der Waals surface area (Å²) in [6, 6.07) is 4.98. The molecule has 0 atom stereocenters. The Balaban J connectivity index is 2.34. The van der Waals surface area contributed by atoms with Crippen molar-refractivity contribution in [1.82, 2.24) is 0 Å². The average Bonchev–Trinajstić information content (AvgIpc) is 2.17. The molecule has 0 saturated carbocycles. The molecule has 1 aromatic carbocycles. The summed E-state index contributed by atoms with van der Waals surface area (Å²) in [5, 5.41) is 18.1. The van der Waals surface area contributed by atoms with E-state index in [-0.39, 0.29) is 12.2 Å². The highest BCUT2D eigenvalue weighted by molar-refractivity contribution is 5.72. The van der Waals surface area contributed by atoms with Gasteiger partial charge in [-0.05, 0) is 23.8 Å². The van der Waals surface area contributed by atoms with E-state index in [9.17, 15) is 9.90 Å². The molecule has 0 bridgehead atoms. The quantitative estimate of drug-likeness (QED) is 0.771. The number of aliphatic hydroxyl groups is 1. The number of carboxylic acid groups (broad SMARTS) is 1. The third kappa shape index (κ3) is 1.93. The molecule has 4 heteroatoms. The van der Waals surface area contributed by atoms with Crippen LogP contribution < -0.4 is 4.74 Å². The highest BCUT2D eigenvalue weighted by atomic mass is 16.5. The molecule has 0 amide bonds. The molecule has 0 aromatic heterocycles. The number of aliphatic hydroxyl groups excluding tert-OH is 1. The third-order valence-electron chi connectivity index (χ3n) is 2.19. The van der Waals surface area contributed by atoms with Gasteiger partial charge in [-0.2, -0.15) is 0 Å². The van der Waals surface area contributed by atoms with Crippen molar-refractivity contribution in [2.45, 2.75) is 6.42 Å². The number of carboxylic acids is 1. The van der Waals surface area contributed by atoms with Crippen LogP contribution in [0.25, 0.3) is 5.76 Å². The molecule has 0 saturated heterocycles. The van der Waals surface area contributed by atoms with E-state index in [1.807, 2.05) is 0 Å². The molecule has 0 spiro atoms. The lowest BCUT2D eigenvalue weighted by atomic mass is 10.1. The number of fused-ring (bicyclic) bond motifs is 1. The van der Waals surface area contributed by atoms with Crippen LogP contribution >= 0.6 is 0 Å². The van der Waals surface area contributed by atoms with Gasteiger partial charge in [0.2, 0.25) is 0 Å². The van der Waals surface area contributed by atoms with Crippen molar-refractivity contribution in [1.29, 1.82) is 0 Å². The fourth-order valence-electron chi connectivity index (χ4n) is 1.50. The van der Waals surface area contributed by atoms with E-state index >= 15 is 0 Å². The minimum Gasteiger partial charge on any atom is -0.507 e. The van der Waals surface area contributed by atoms with Gasteiger partial charge in [0.15, 0.2) is 0 Å². The fourth-order valence-corrected chi connectivity index (χ4v) is 1.50. The predicted octanol–water partition coefficient (Wildman–Crippen LogP) is 1.61. The van der Waals surface area contributed by atoms with Gasteiger partial charge < -0.3 is 14.9 Å². The first-order chi connectivity index (χ1) is 7.16. The summed E-state index contributed by atoms with van der Waals surface area (Å²) >= 11 is 0. The van der Waals surface area contributed by atoms with Crippen molar-refractivity contribution >= 4 is 11.7 Å². The number of hydrogen-bond donors (Lipinski definition) is 2. The highest BCUT2D eigenvalue weighted by Crippen LogP contribution is 2.29. The number of rotatable bonds is 2. The molecular weight excluding hydrogens is 196 g/mol. The molecule has 0 radical (unpaired) electrons. The number of aliphatic carboxylic acids is 1. The summed E-state index contributed by atoms with van der Waals surface area (Å²) in [6.45, 7) is 0.315. The molecule has 0 fully saturated rings. The first-order valence-corrected chi connectivity index (χ1v) is 4.54. The Kier molecular flexibility index (Phi) is 2.33. The number of benzene rings is 1. The van der Waals surface area contributed by atoms with E-state index in [2.05, 4.69) is 0 Å². The van der Waals surface area contributed by atoms with Gasteiger partial charge in [0.05, 0.1) is 12.0 Å². The summed E-state index contributed by atoms with van der Waals surface area (Å²) in [5.41, 5.74) is 1.27. The lowest BCUT2D eigenvalue weighted by Gasteiger charge is -2.15. The Hall–Kier alpha value is -1.97. The van der Waals surface area contributed by atoms with Crippen LogP contribution in [0.1, 0.15) is 11.1 Å². The van der Waals surface area contributed by atoms with Crippen molar-refractivity contribution in [3.05, 3.63) is 35.4 Å². The Morgan fingerprint density at radius 3 is 3.00 bits per heavy atom. The van der Waals surface area contributed by atoms with Gasteiger partial charge in [-0.1, -0.05) is 6.07 Å². The smallest absolute Gasteiger partial charge is 0.307 e. The molecule has 4 nitrogen and oxygen atoms in total. The minimum absolute atomic E-state index is 0.0406. The summed E-state index contributed by atoms with van der Waals surface area (Å²) in [7, 11) is 0. The molecule has 1 aliphatic heterocycles. The van der Waals surface area contributed by atoms with Crippen LogP contribution in [0.5, 0.6) is 5.75 Å². The van der Waals surface area contributed by atoms with Gasteiger partial charge in [0.1, 0.15) is 18.1 Å². The third-order valence-corrected chi connectivity index (χ3v) is 2.19. The lowest BCUT2D eigenvalue weighted by Crippen LogP contribution is -2.06. The summed E-state index contributed by atoms with van der Waals surface area (Å²) in [4.78, 5) is 10.5. The maximum Gasteiger partial charge on any atom is 0.307 e. The lowest BCUT2D eigenvalue weighted by molar-refractivity contribution is -0.136. The van der Waals surface area contributed by atoms with E-state index < -0.39 is 5.97 Å². The maximum atomic E-state index is 10.5. The van der Waals surface area contributed by atoms with Gasteiger partial charge >= 0.3 is 5.97 Å². The molecule has 2 N–H and O–H groups in total. The van der Waals surface area contributed by atoms with Crippen LogP contribution in [0.15, 0.2) is 24.3 Å². The molecular formula is C11H10O4. The van der Waals surface area contributed by atoms with E-state index in [0.717, 1.165) is 0 Å². The number of carbonyl (C=O) groups is 1. The molecule has 1 aromatic rings. The van der Waals surface area contributed by atoms with E-state index in [4.69, 9.17) is 9.84 Å². The zero-order valence-corrected chi connectivity index (χ0v) is 7.93. The van der Waals surface area contributed by atoms with Crippen molar-refractivity contribution in [3.8, 4) is 5.75 Å². The molecule has 78 valence electrons. The Morgan fingerprint density at radius 2 is 2.27 bits per heavy atom. The van der Waals surface area contributed by atoms with Crippen molar-refractivity contribution < 1.29 is 19.7 Å². The second-order valence-corrected chi connectivity index (χ2v) is 3.30. The van der Waals surface area contributed by atoms with Gasteiger partial charge in [-0.25, -0.2) is 0 Å². The predicted molar refractivity (Wildman–Crippen MR) is 53.9 cm³/mol. The van der Waals surface area contributed by atoms with Crippen LogP contribution in [0.2, 0.25) is 0 Å². The second-order valence-electron chi connectivity index (χ2n) is 3.30. The molecule has 0 aliphatic carbocycles. The summed E-state index contributed by atoms with van der Waals surface area (Å²) in [6.07, 6.45) is 1.53. The molecule has 0 unspecified atom stereocenters. The van der Waals surface area contributed by atoms with Crippen molar-refractivity contribution in [2.75, 3.05) is 6.61 Å². The standard InChI is InChI=1S/C11H10O4/c12-9-3-4-15-10-5-7(6-11(13)14)1-2-8(9)10/h1-3,5,12H,4,6H2,(H,13,14). The zero-order valence-electron chi connectivity index (χ0n) is 7.93. The first kappa shape index (κ1) is 9.58. The Morgan fingerprint density at radius 1 is 1.47 bits per heavy atom. The number of hydrogen-bond acceptors (Lipinski definition) is 3. The molecule has 1 aliphatic rings. The van der Waals surface area contributed by atoms with Crippen LogP contribution in [0.4, 0.5) is 0 Å². The van der Waals surface area contributed by atoms with E-state index in [0.29, 0.717) is 23.5 Å². The van der Waals surface area contributed by atoms with Crippen LogP contribution in [0.3, 0.4) is 0 Å². The average molecular weight is 206 g/mol. The Bertz CT molecular complexity index is 434. The maximum absolute atomic E-state index is 10.5. The normalized spacial score (nSPS) is 13.7. The highest BCUT2D eigenvalue weighted by Gasteiger charge is 2.13. The molecule has 1 heterocycles. The van der Waals surface area contributed by atoms with Crippen molar-refractivity contribution in [2.24, 2.45) is 0 Å². The summed E-state index contributed by atoms with van der Waals surface area (Å²) < 4.78 is 5.29. The summed E-state index contributed by atoms with van der Waals surface area (Å²) in [5.74, 6) is -0.169. The van der Waals surface area contributed by atoms with E-state index in [1.54, 1.807) is 24.3 Å². The van der Waals surface area contributed by atoms with Gasteiger partial charge in [0, 0.05) is 0 Å². The number of ether oxygens (including phenoxy) is 1. The van der Waals surface area contributed by atoms with Crippen LogP contribution in [0, 0.1) is 0 Å². The van der Waals surface area contributed by atoms with Crippen molar-refractivity contribution in [3.63, 3.8) is 0 Å². The van der Waals surface area contributed by atoms with Crippen LogP contribution in [-0.2, 0) is 11.2 Å². The minimum atomic E-state index is -0.884. The monoisotopic (exact) mass is 206 g/mol. The van der Waals surface area contributed by atoms with E-state index in [1.165, 1.54) is 0 Å². The molecule has 15 heavy (non-hydrogen) atoms. The zero-order chi connectivity index (χ0) is 10.8. The first-order valence-electron chi connectivity index (χ1n) is 4.54. The van der Waals surface area contributed by atoms with Gasteiger partial charge in [0.25, 0.3) is 0 Å². The van der Waals surface area contributed by atoms with Crippen LogP contribution in [-0.4, -0.2) is 22.8 Å². The van der Waals surface area contributed by atoms with Gasteiger partial charge in [-0.3, -0.25) is 4.79 Å².